The number of ketones is 1. The molecule has 0 fully saturated rings. The number of Topliss-reactive ketones (excluding diaryl/α,β-unsaturated/α-hetero) is 1. The van der Waals surface area contributed by atoms with Gasteiger partial charge in [0.1, 0.15) is 12.1 Å². The second kappa shape index (κ2) is 9.20. The number of aromatic nitrogens is 4. The van der Waals surface area contributed by atoms with Gasteiger partial charge in [-0.25, -0.2) is 14.5 Å². The van der Waals surface area contributed by atoms with Crippen molar-refractivity contribution in [3.63, 3.8) is 0 Å². The molecule has 8 nitrogen and oxygen atoms in total. The second-order valence-electron chi connectivity index (χ2n) is 10.8. The van der Waals surface area contributed by atoms with Gasteiger partial charge in [0.15, 0.2) is 23.9 Å². The van der Waals surface area contributed by atoms with Crippen LogP contribution in [-0.2, 0) is 16.2 Å². The third-order valence-electron chi connectivity index (χ3n) is 7.10. The lowest BCUT2D eigenvalue weighted by Gasteiger charge is -2.37. The topological polar surface area (TPSA) is 91.0 Å². The molecular formula is C30H29N5O3. The maximum Gasteiger partial charge on any atom is 0.228 e. The molecule has 1 atom stereocenters. The molecule has 0 saturated carbocycles. The highest BCUT2D eigenvalue weighted by Gasteiger charge is 2.43. The van der Waals surface area contributed by atoms with Gasteiger partial charge in [-0.15, -0.1) is 5.10 Å². The molecule has 192 valence electrons. The van der Waals surface area contributed by atoms with Crippen LogP contribution in [0.2, 0.25) is 0 Å². The van der Waals surface area contributed by atoms with Gasteiger partial charge in [-0.1, -0.05) is 79.2 Å². The molecule has 6 rings (SSSR count). The average molecular weight is 508 g/mol. The van der Waals surface area contributed by atoms with E-state index < -0.39 is 0 Å². The van der Waals surface area contributed by atoms with Crippen LogP contribution >= 0.6 is 0 Å². The van der Waals surface area contributed by atoms with Crippen LogP contribution in [-0.4, -0.2) is 31.1 Å². The molecule has 0 amide bonds. The van der Waals surface area contributed by atoms with Crippen molar-refractivity contribution in [1.82, 2.24) is 19.6 Å². The Morgan fingerprint density at radius 2 is 1.89 bits per heavy atom. The lowest BCUT2D eigenvalue weighted by molar-refractivity contribution is -0.118. The van der Waals surface area contributed by atoms with E-state index in [1.807, 2.05) is 68.4 Å². The second-order valence-corrected chi connectivity index (χ2v) is 10.8. The Balaban J connectivity index is 1.37. The first-order chi connectivity index (χ1) is 18.3. The van der Waals surface area contributed by atoms with E-state index in [4.69, 9.17) is 14.6 Å². The lowest BCUT2D eigenvalue weighted by atomic mass is 9.70. The fourth-order valence-corrected chi connectivity index (χ4v) is 5.26. The predicted octanol–water partition coefficient (Wildman–Crippen LogP) is 5.54. The summed E-state index contributed by atoms with van der Waals surface area (Å²) in [5.74, 6) is 1.39. The largest absolute Gasteiger partial charge is 0.442 e. The molecule has 1 aliphatic carbocycles. The molecule has 0 bridgehead atoms. The zero-order valence-corrected chi connectivity index (χ0v) is 21.9. The van der Waals surface area contributed by atoms with Crippen LogP contribution in [0, 0.1) is 12.3 Å². The van der Waals surface area contributed by atoms with Crippen molar-refractivity contribution in [2.75, 3.05) is 0 Å². The first-order valence-corrected chi connectivity index (χ1v) is 12.8. The highest BCUT2D eigenvalue weighted by molar-refractivity contribution is 6.00. The van der Waals surface area contributed by atoms with E-state index in [9.17, 15) is 4.79 Å². The molecule has 8 heteroatoms. The van der Waals surface area contributed by atoms with Gasteiger partial charge in [-0.05, 0) is 30.4 Å². The molecule has 0 radical (unpaired) electrons. The number of oxime groups is 1. The summed E-state index contributed by atoms with van der Waals surface area (Å²) in [5, 5.41) is 8.82. The molecular weight excluding hydrogens is 478 g/mol. The Hall–Kier alpha value is -4.33. The van der Waals surface area contributed by atoms with Crippen molar-refractivity contribution in [2.45, 2.75) is 53.1 Å². The third kappa shape index (κ3) is 4.36. The van der Waals surface area contributed by atoms with Crippen molar-refractivity contribution in [1.29, 1.82) is 0 Å². The molecule has 2 aromatic carbocycles. The van der Waals surface area contributed by atoms with Crippen LogP contribution in [0.3, 0.4) is 0 Å². The Kier molecular flexibility index (Phi) is 5.82. The minimum atomic E-state index is -0.338. The molecule has 38 heavy (non-hydrogen) atoms. The number of nitrogens with zero attached hydrogens (tertiary/aromatic N) is 5. The summed E-state index contributed by atoms with van der Waals surface area (Å²) in [5.41, 5.74) is 5.79. The van der Waals surface area contributed by atoms with Crippen molar-refractivity contribution in [3.05, 3.63) is 100 Å². The van der Waals surface area contributed by atoms with Crippen molar-refractivity contribution in [3.8, 4) is 5.88 Å². The van der Waals surface area contributed by atoms with E-state index >= 15 is 0 Å². The molecule has 1 aliphatic heterocycles. The van der Waals surface area contributed by atoms with Crippen molar-refractivity contribution >= 4 is 17.1 Å². The molecule has 0 saturated heterocycles. The summed E-state index contributed by atoms with van der Waals surface area (Å²) in [7, 11) is 0. The average Bonchev–Trinajstić information content (AvgIpc) is 3.31. The number of ether oxygens (including phenoxy) is 1. The Bertz CT molecular complexity index is 1600. The van der Waals surface area contributed by atoms with Crippen LogP contribution in [0.5, 0.6) is 5.88 Å². The van der Waals surface area contributed by atoms with Gasteiger partial charge in [-0.2, -0.15) is 0 Å². The number of aryl methyl sites for hydroxylation is 1. The number of fused-ring (bicyclic) bond motifs is 3. The lowest BCUT2D eigenvalue weighted by Crippen LogP contribution is -2.33. The molecule has 0 unspecified atom stereocenters. The summed E-state index contributed by atoms with van der Waals surface area (Å²) in [6.07, 6.45) is 2.73. The fourth-order valence-electron chi connectivity index (χ4n) is 5.26. The SMILES string of the molecule is C/C(=N\OCc1nc2c3c(ncn2n1)OC1=C(C(=O)CC(C)(C)C1)[C@@H]3c1ccccc1)c1ccc(C)cc1. The Labute approximate surface area is 221 Å². The maximum atomic E-state index is 13.5. The number of carbonyl (C=O) groups excluding carboxylic acids is 1. The van der Waals surface area contributed by atoms with Gasteiger partial charge in [0, 0.05) is 24.3 Å². The number of benzene rings is 2. The van der Waals surface area contributed by atoms with E-state index in [1.165, 1.54) is 5.56 Å². The third-order valence-corrected chi connectivity index (χ3v) is 7.10. The van der Waals surface area contributed by atoms with Crippen LogP contribution < -0.4 is 4.74 Å². The number of carbonyl (C=O) groups is 1. The fraction of sp³-hybridized carbons (Fsp3) is 0.300. The van der Waals surface area contributed by atoms with Crippen molar-refractivity contribution < 1.29 is 14.4 Å². The number of hydrogen-bond donors (Lipinski definition) is 0. The predicted molar refractivity (Wildman–Crippen MR) is 143 cm³/mol. The van der Waals surface area contributed by atoms with E-state index in [0.29, 0.717) is 41.5 Å². The van der Waals surface area contributed by atoms with E-state index in [1.54, 1.807) is 10.8 Å². The van der Waals surface area contributed by atoms with Crippen LogP contribution in [0.4, 0.5) is 0 Å². The zero-order chi connectivity index (χ0) is 26.4. The monoisotopic (exact) mass is 507 g/mol. The Morgan fingerprint density at radius 1 is 1.13 bits per heavy atom. The summed E-state index contributed by atoms with van der Waals surface area (Å²) in [6.45, 7) is 8.23. The Morgan fingerprint density at radius 3 is 2.66 bits per heavy atom. The number of allylic oxidation sites excluding steroid dienone is 2. The molecule has 3 heterocycles. The normalized spacial score (nSPS) is 18.7. The first-order valence-electron chi connectivity index (χ1n) is 12.8. The molecule has 2 aliphatic rings. The van der Waals surface area contributed by atoms with Gasteiger partial charge in [0.05, 0.1) is 11.3 Å². The van der Waals surface area contributed by atoms with Gasteiger partial charge < -0.3 is 9.57 Å². The van der Waals surface area contributed by atoms with Gasteiger partial charge in [0.2, 0.25) is 5.88 Å². The molecule has 4 aromatic rings. The van der Waals surface area contributed by atoms with Crippen molar-refractivity contribution in [2.24, 2.45) is 10.6 Å². The van der Waals surface area contributed by atoms with Crippen LogP contribution in [0.15, 0.2) is 77.4 Å². The van der Waals surface area contributed by atoms with Crippen LogP contribution in [0.25, 0.3) is 5.65 Å². The van der Waals surface area contributed by atoms with Gasteiger partial charge in [0.25, 0.3) is 0 Å². The molecule has 2 aromatic heterocycles. The van der Waals surface area contributed by atoms with Crippen LogP contribution in [0.1, 0.15) is 67.6 Å². The van der Waals surface area contributed by atoms with E-state index in [0.717, 1.165) is 22.4 Å². The highest BCUT2D eigenvalue weighted by atomic mass is 16.6. The quantitative estimate of drug-likeness (QED) is 0.260. The standard InChI is InChI=1S/C30H29N5O3/c1-18-10-12-20(13-11-18)19(2)34-37-16-24-32-28-27-25(21-8-6-5-7-9-21)26-22(36)14-30(3,4)15-23(26)38-29(27)31-17-35(28)33-24/h5-13,17,25H,14-16H2,1-4H3/b34-19+/t25-/m0/s1. The number of rotatable bonds is 5. The molecule has 0 spiro atoms. The maximum absolute atomic E-state index is 13.5. The summed E-state index contributed by atoms with van der Waals surface area (Å²) in [6, 6.07) is 18.1. The minimum Gasteiger partial charge on any atom is -0.442 e. The zero-order valence-electron chi connectivity index (χ0n) is 21.9. The minimum absolute atomic E-state index is 0.0948. The first kappa shape index (κ1) is 24.0. The van der Waals surface area contributed by atoms with Gasteiger partial charge >= 0.3 is 0 Å². The van der Waals surface area contributed by atoms with E-state index in [2.05, 4.69) is 29.1 Å². The summed E-state index contributed by atoms with van der Waals surface area (Å²) >= 11 is 0. The number of hydrogen-bond acceptors (Lipinski definition) is 7. The van der Waals surface area contributed by atoms with E-state index in [-0.39, 0.29) is 23.7 Å². The summed E-state index contributed by atoms with van der Waals surface area (Å²) < 4.78 is 7.92. The smallest absolute Gasteiger partial charge is 0.228 e. The molecule has 0 N–H and O–H groups in total. The highest BCUT2D eigenvalue weighted by Crippen LogP contribution is 2.50. The summed E-state index contributed by atoms with van der Waals surface area (Å²) in [4.78, 5) is 28.5. The van der Waals surface area contributed by atoms with Gasteiger partial charge in [-0.3, -0.25) is 4.79 Å².